The van der Waals surface area contributed by atoms with Gasteiger partial charge in [-0.05, 0) is 24.3 Å². The Kier molecular flexibility index (Phi) is 3.18. The molecule has 0 amide bonds. The van der Waals surface area contributed by atoms with Gasteiger partial charge < -0.3 is 9.67 Å². The van der Waals surface area contributed by atoms with Crippen LogP contribution in [0, 0.1) is 5.82 Å². The molecule has 0 aliphatic carbocycles. The van der Waals surface area contributed by atoms with E-state index in [9.17, 15) is 14.3 Å². The van der Waals surface area contributed by atoms with Crippen LogP contribution in [0.2, 0.25) is 5.02 Å². The maximum Gasteiger partial charge on any atom is 0.353 e. The molecule has 0 spiro atoms. The number of aromatic carboxylic acids is 1. The molecular formula is C16H11ClFNO2. The Bertz CT molecular complexity index is 870. The number of benzene rings is 2. The molecule has 1 aromatic heterocycles. The molecule has 2 aromatic carbocycles. The average molecular weight is 304 g/mol. The summed E-state index contributed by atoms with van der Waals surface area (Å²) < 4.78 is 15.7. The molecule has 0 radical (unpaired) electrons. The van der Waals surface area contributed by atoms with Gasteiger partial charge in [0.2, 0.25) is 0 Å². The average Bonchev–Trinajstić information content (AvgIpc) is 2.72. The lowest BCUT2D eigenvalue weighted by molar-refractivity contribution is 0.0688. The van der Waals surface area contributed by atoms with E-state index in [0.717, 1.165) is 0 Å². The molecule has 0 saturated carbocycles. The van der Waals surface area contributed by atoms with Crippen LogP contribution in [0.1, 0.15) is 10.5 Å². The van der Waals surface area contributed by atoms with Crippen LogP contribution < -0.4 is 0 Å². The zero-order valence-corrected chi connectivity index (χ0v) is 11.9. The van der Waals surface area contributed by atoms with Gasteiger partial charge >= 0.3 is 5.97 Å². The number of aryl methyl sites for hydroxylation is 1. The van der Waals surface area contributed by atoms with E-state index in [-0.39, 0.29) is 11.3 Å². The van der Waals surface area contributed by atoms with Gasteiger partial charge in [-0.15, -0.1) is 0 Å². The molecule has 1 heterocycles. The Balaban J connectivity index is 2.50. The van der Waals surface area contributed by atoms with Crippen LogP contribution in [-0.4, -0.2) is 15.6 Å². The van der Waals surface area contributed by atoms with Crippen LogP contribution in [0.15, 0.2) is 42.5 Å². The highest BCUT2D eigenvalue weighted by Crippen LogP contribution is 2.37. The molecule has 0 aliphatic heterocycles. The topological polar surface area (TPSA) is 42.2 Å². The quantitative estimate of drug-likeness (QED) is 0.765. The van der Waals surface area contributed by atoms with Crippen molar-refractivity contribution in [2.45, 2.75) is 0 Å². The normalized spacial score (nSPS) is 11.0. The van der Waals surface area contributed by atoms with Gasteiger partial charge in [0.05, 0.1) is 0 Å². The Labute approximate surface area is 125 Å². The number of carboxylic acid groups (broad SMARTS) is 1. The summed E-state index contributed by atoms with van der Waals surface area (Å²) in [6.45, 7) is 0. The van der Waals surface area contributed by atoms with Crippen molar-refractivity contribution in [2.75, 3.05) is 0 Å². The zero-order valence-electron chi connectivity index (χ0n) is 11.1. The molecular weight excluding hydrogens is 293 g/mol. The molecule has 106 valence electrons. The Hall–Kier alpha value is -2.33. The highest BCUT2D eigenvalue weighted by Gasteiger charge is 2.23. The lowest BCUT2D eigenvalue weighted by atomic mass is 10.0. The highest BCUT2D eigenvalue weighted by atomic mass is 35.5. The summed E-state index contributed by atoms with van der Waals surface area (Å²) in [6, 6.07) is 11.2. The number of rotatable bonds is 2. The molecule has 0 aliphatic rings. The summed E-state index contributed by atoms with van der Waals surface area (Å²) in [5.41, 5.74) is 1.33. The number of fused-ring (bicyclic) bond motifs is 1. The minimum atomic E-state index is -1.11. The summed E-state index contributed by atoms with van der Waals surface area (Å²) in [5.74, 6) is -1.57. The third-order valence-electron chi connectivity index (χ3n) is 3.51. The van der Waals surface area contributed by atoms with E-state index >= 15 is 0 Å². The first-order chi connectivity index (χ1) is 10.0. The number of halogens is 2. The van der Waals surface area contributed by atoms with Crippen molar-refractivity contribution in [3.63, 3.8) is 0 Å². The minimum absolute atomic E-state index is 0.0392. The third kappa shape index (κ3) is 2.08. The maximum atomic E-state index is 14.1. The molecule has 3 nitrogen and oxygen atoms in total. The van der Waals surface area contributed by atoms with Crippen molar-refractivity contribution < 1.29 is 14.3 Å². The number of carboxylic acids is 1. The second-order valence-corrected chi connectivity index (χ2v) is 5.17. The molecule has 1 N–H and O–H groups in total. The lowest BCUT2D eigenvalue weighted by Gasteiger charge is -2.05. The molecule has 0 saturated heterocycles. The van der Waals surface area contributed by atoms with Crippen LogP contribution in [0.5, 0.6) is 0 Å². The van der Waals surface area contributed by atoms with E-state index in [1.165, 1.54) is 10.6 Å². The van der Waals surface area contributed by atoms with Crippen molar-refractivity contribution in [3.8, 4) is 11.1 Å². The van der Waals surface area contributed by atoms with E-state index in [1.807, 2.05) is 0 Å². The predicted octanol–water partition coefficient (Wildman–Crippen LogP) is 4.34. The standard InChI is InChI=1S/C16H11ClFNO2/c1-19-13-7-6-9(17)8-11(13)14(15(19)16(20)21)10-4-2-3-5-12(10)18/h2-8H,1H3,(H,20,21). The third-order valence-corrected chi connectivity index (χ3v) is 3.74. The molecule has 0 unspecified atom stereocenters. The van der Waals surface area contributed by atoms with Crippen LogP contribution in [-0.2, 0) is 7.05 Å². The van der Waals surface area contributed by atoms with Crippen LogP contribution in [0.25, 0.3) is 22.0 Å². The van der Waals surface area contributed by atoms with Gasteiger partial charge in [0, 0.05) is 34.1 Å². The fraction of sp³-hybridized carbons (Fsp3) is 0.0625. The monoisotopic (exact) mass is 303 g/mol. The Morgan fingerprint density at radius 3 is 2.62 bits per heavy atom. The molecule has 3 aromatic rings. The Morgan fingerprint density at radius 1 is 1.24 bits per heavy atom. The van der Waals surface area contributed by atoms with Crippen LogP contribution in [0.3, 0.4) is 0 Å². The summed E-state index contributed by atoms with van der Waals surface area (Å²) in [7, 11) is 1.64. The fourth-order valence-electron chi connectivity index (χ4n) is 2.60. The summed E-state index contributed by atoms with van der Waals surface area (Å²) in [4.78, 5) is 11.6. The lowest BCUT2D eigenvalue weighted by Crippen LogP contribution is -2.06. The van der Waals surface area contributed by atoms with Crippen molar-refractivity contribution in [3.05, 3.63) is 59.0 Å². The zero-order chi connectivity index (χ0) is 15.1. The molecule has 0 atom stereocenters. The second-order valence-electron chi connectivity index (χ2n) is 4.73. The molecule has 21 heavy (non-hydrogen) atoms. The van der Waals surface area contributed by atoms with Gasteiger partial charge in [-0.3, -0.25) is 0 Å². The number of nitrogens with zero attached hydrogens (tertiary/aromatic N) is 1. The van der Waals surface area contributed by atoms with E-state index in [1.54, 1.807) is 43.4 Å². The first kappa shape index (κ1) is 13.6. The summed E-state index contributed by atoms with van der Waals surface area (Å²) >= 11 is 6.01. The summed E-state index contributed by atoms with van der Waals surface area (Å²) in [5, 5.41) is 10.6. The van der Waals surface area contributed by atoms with Gasteiger partial charge in [0.1, 0.15) is 11.5 Å². The Morgan fingerprint density at radius 2 is 1.95 bits per heavy atom. The molecule has 3 rings (SSSR count). The minimum Gasteiger partial charge on any atom is -0.477 e. The SMILES string of the molecule is Cn1c(C(=O)O)c(-c2ccccc2F)c2cc(Cl)ccc21. The smallest absolute Gasteiger partial charge is 0.353 e. The van der Waals surface area contributed by atoms with Gasteiger partial charge in [0.15, 0.2) is 0 Å². The summed E-state index contributed by atoms with van der Waals surface area (Å²) in [6.07, 6.45) is 0. The van der Waals surface area contributed by atoms with Gasteiger partial charge in [0.25, 0.3) is 0 Å². The fourth-order valence-corrected chi connectivity index (χ4v) is 2.78. The highest BCUT2D eigenvalue weighted by molar-refractivity contribution is 6.31. The molecule has 0 bridgehead atoms. The first-order valence-corrected chi connectivity index (χ1v) is 6.64. The molecule has 5 heteroatoms. The van der Waals surface area contributed by atoms with Gasteiger partial charge in [-0.2, -0.15) is 0 Å². The van der Waals surface area contributed by atoms with Crippen LogP contribution in [0.4, 0.5) is 4.39 Å². The van der Waals surface area contributed by atoms with Crippen LogP contribution >= 0.6 is 11.6 Å². The van der Waals surface area contributed by atoms with Crippen molar-refractivity contribution in [1.29, 1.82) is 0 Å². The van der Waals surface area contributed by atoms with E-state index in [4.69, 9.17) is 11.6 Å². The van der Waals surface area contributed by atoms with E-state index in [2.05, 4.69) is 0 Å². The van der Waals surface area contributed by atoms with Gasteiger partial charge in [-0.25, -0.2) is 9.18 Å². The first-order valence-electron chi connectivity index (χ1n) is 6.27. The van der Waals surface area contributed by atoms with E-state index in [0.29, 0.717) is 21.5 Å². The van der Waals surface area contributed by atoms with Crippen molar-refractivity contribution in [1.82, 2.24) is 4.57 Å². The van der Waals surface area contributed by atoms with Gasteiger partial charge in [-0.1, -0.05) is 29.8 Å². The maximum absolute atomic E-state index is 14.1. The van der Waals surface area contributed by atoms with Crippen molar-refractivity contribution >= 4 is 28.5 Å². The largest absolute Gasteiger partial charge is 0.477 e. The van der Waals surface area contributed by atoms with E-state index < -0.39 is 11.8 Å². The number of aromatic nitrogens is 1. The predicted molar refractivity (Wildman–Crippen MR) is 80.3 cm³/mol. The number of hydrogen-bond acceptors (Lipinski definition) is 1. The number of hydrogen-bond donors (Lipinski definition) is 1. The molecule has 0 fully saturated rings. The number of carbonyl (C=O) groups is 1. The second kappa shape index (κ2) is 4.90. The van der Waals surface area contributed by atoms with Crippen molar-refractivity contribution in [2.24, 2.45) is 7.05 Å².